The van der Waals surface area contributed by atoms with Gasteiger partial charge in [0.2, 0.25) is 0 Å². The van der Waals surface area contributed by atoms with E-state index in [2.05, 4.69) is 241 Å². The van der Waals surface area contributed by atoms with Crippen molar-refractivity contribution in [2.75, 3.05) is 4.90 Å². The largest absolute Gasteiger partial charge is 0.309 e. The normalized spacial score (nSPS) is 20.1. The highest BCUT2D eigenvalue weighted by atomic mass is 15.2. The first-order valence-electron chi connectivity index (χ1n) is 26.2. The molecule has 0 radical (unpaired) electrons. The third kappa shape index (κ3) is 6.83. The van der Waals surface area contributed by atoms with Crippen LogP contribution >= 0.6 is 0 Å². The first-order valence-corrected chi connectivity index (χ1v) is 26.2. The maximum absolute atomic E-state index is 2.82. The summed E-state index contributed by atoms with van der Waals surface area (Å²) in [5, 5.41) is 0. The first-order chi connectivity index (χ1) is 32.6. The van der Waals surface area contributed by atoms with Gasteiger partial charge in [0.25, 0.3) is 0 Å². The van der Waals surface area contributed by atoms with Gasteiger partial charge in [-0.3, -0.25) is 0 Å². The van der Waals surface area contributed by atoms with E-state index in [-0.39, 0.29) is 32.5 Å². The molecule has 0 spiro atoms. The summed E-state index contributed by atoms with van der Waals surface area (Å²) in [6, 6.07) is 57.3. The number of anilines is 3. The maximum Gasteiger partial charge on any atom is 0.0714 e. The Morgan fingerprint density at radius 3 is 1.23 bits per heavy atom. The summed E-state index contributed by atoms with van der Waals surface area (Å²) >= 11 is 0. The molecule has 0 aliphatic heterocycles. The van der Waals surface area contributed by atoms with Crippen molar-refractivity contribution < 1.29 is 0 Å². The predicted octanol–water partition coefficient (Wildman–Crippen LogP) is 18.5. The standard InChI is InChI=1S/C68H75N/c1-44-40-55-56(65(8,9)35-34-64(55,6)7)42-48(44)50-41-49-47-28-20-21-29-51(47)68(45-24-16-14-17-25-45,46-26-18-15-19-27-46)54(49)43-59(50)69(57-32-22-30-52-60(57)66(10,11)38-36-62(52,2)3)58-33-23-31-53-61(58)67(12,13)39-37-63(53,4)5/h14-33,40-43H,34-39H2,1-13H3. The summed E-state index contributed by atoms with van der Waals surface area (Å²) in [4.78, 5) is 2.82. The van der Waals surface area contributed by atoms with Gasteiger partial charge in [-0.15, -0.1) is 0 Å². The number of hydrogen-bond acceptors (Lipinski definition) is 1. The van der Waals surface area contributed by atoms with Crippen LogP contribution in [0.5, 0.6) is 0 Å². The molecule has 1 heteroatoms. The van der Waals surface area contributed by atoms with Gasteiger partial charge in [0.15, 0.2) is 0 Å². The predicted molar refractivity (Wildman–Crippen MR) is 294 cm³/mol. The highest BCUT2D eigenvalue weighted by Crippen LogP contribution is 2.62. The average molecular weight is 906 g/mol. The summed E-state index contributed by atoms with van der Waals surface area (Å²) < 4.78 is 0. The zero-order valence-electron chi connectivity index (χ0n) is 44.0. The monoisotopic (exact) mass is 906 g/mol. The molecule has 0 aromatic heterocycles. The van der Waals surface area contributed by atoms with Crippen LogP contribution in [0.25, 0.3) is 22.3 Å². The minimum Gasteiger partial charge on any atom is -0.309 e. The molecule has 0 N–H and O–H groups in total. The molecule has 0 atom stereocenters. The van der Waals surface area contributed by atoms with Gasteiger partial charge in [-0.05, 0) is 186 Å². The van der Waals surface area contributed by atoms with Crippen LogP contribution in [0.1, 0.15) is 183 Å². The summed E-state index contributed by atoms with van der Waals surface area (Å²) in [7, 11) is 0. The van der Waals surface area contributed by atoms with Crippen molar-refractivity contribution in [3.05, 3.63) is 207 Å². The number of hydrogen-bond donors (Lipinski definition) is 0. The fourth-order valence-electron chi connectivity index (χ4n) is 14.1. The van der Waals surface area contributed by atoms with Crippen molar-refractivity contribution in [3.8, 4) is 22.3 Å². The van der Waals surface area contributed by atoms with E-state index in [1.807, 2.05) is 0 Å². The van der Waals surface area contributed by atoms with Gasteiger partial charge in [-0.2, -0.15) is 0 Å². The number of rotatable bonds is 6. The number of aryl methyl sites for hydroxylation is 1. The van der Waals surface area contributed by atoms with Crippen LogP contribution in [0, 0.1) is 6.92 Å². The second-order valence-electron chi connectivity index (χ2n) is 25.7. The van der Waals surface area contributed by atoms with Gasteiger partial charge < -0.3 is 4.90 Å². The van der Waals surface area contributed by atoms with Crippen LogP contribution in [0.2, 0.25) is 0 Å². The molecule has 4 aliphatic rings. The Hall–Kier alpha value is -5.66. The summed E-state index contributed by atoms with van der Waals surface area (Å²) in [5.41, 5.74) is 24.3. The van der Waals surface area contributed by atoms with Crippen LogP contribution < -0.4 is 4.90 Å². The van der Waals surface area contributed by atoms with Crippen LogP contribution in [-0.4, -0.2) is 0 Å². The highest BCUT2D eigenvalue weighted by Gasteiger charge is 2.49. The molecule has 4 aliphatic carbocycles. The summed E-state index contributed by atoms with van der Waals surface area (Å²) in [6.07, 6.45) is 6.96. The van der Waals surface area contributed by atoms with Crippen LogP contribution in [0.15, 0.2) is 146 Å². The van der Waals surface area contributed by atoms with Crippen molar-refractivity contribution in [1.82, 2.24) is 0 Å². The Bertz CT molecular complexity index is 3050. The first kappa shape index (κ1) is 45.8. The van der Waals surface area contributed by atoms with E-state index >= 15 is 0 Å². The molecule has 352 valence electrons. The lowest BCUT2D eigenvalue weighted by Gasteiger charge is -2.47. The third-order valence-electron chi connectivity index (χ3n) is 18.4. The SMILES string of the molecule is Cc1cc2c(cc1-c1cc3c(cc1N(c1cccc4c1C(C)(C)CCC4(C)C)c1cccc4c1C(C)(C)CCC4(C)C)C(c1ccccc1)(c1ccccc1)c1ccccc1-3)C(C)(C)CCC2(C)C. The zero-order valence-corrected chi connectivity index (χ0v) is 44.0. The minimum absolute atomic E-state index is 0.0373. The number of fused-ring (bicyclic) bond motifs is 6. The van der Waals surface area contributed by atoms with Gasteiger partial charge in [-0.25, -0.2) is 0 Å². The quantitative estimate of drug-likeness (QED) is 0.161. The minimum atomic E-state index is -0.556. The molecule has 1 nitrogen and oxygen atoms in total. The average Bonchev–Trinajstić information content (AvgIpc) is 3.61. The van der Waals surface area contributed by atoms with Crippen molar-refractivity contribution in [2.24, 2.45) is 0 Å². The Balaban J connectivity index is 1.36. The lowest BCUT2D eigenvalue weighted by Crippen LogP contribution is -2.37. The summed E-state index contributed by atoms with van der Waals surface area (Å²) in [5.74, 6) is 0. The van der Waals surface area contributed by atoms with Gasteiger partial charge in [0, 0.05) is 5.56 Å². The van der Waals surface area contributed by atoms with E-state index in [1.54, 1.807) is 0 Å². The van der Waals surface area contributed by atoms with E-state index in [1.165, 1.54) is 113 Å². The van der Waals surface area contributed by atoms with Crippen LogP contribution in [0.4, 0.5) is 17.1 Å². The second kappa shape index (κ2) is 15.4. The third-order valence-corrected chi connectivity index (χ3v) is 18.4. The molecule has 11 rings (SSSR count). The van der Waals surface area contributed by atoms with Gasteiger partial charge in [-0.1, -0.05) is 198 Å². The molecule has 7 aromatic carbocycles. The van der Waals surface area contributed by atoms with Crippen LogP contribution in [0.3, 0.4) is 0 Å². The molecule has 0 amide bonds. The molecule has 69 heavy (non-hydrogen) atoms. The lowest BCUT2D eigenvalue weighted by atomic mass is 9.61. The molecular weight excluding hydrogens is 831 g/mol. The fraction of sp³-hybridized carbons (Fsp3) is 0.382. The Labute approximate surface area is 415 Å². The van der Waals surface area contributed by atoms with Gasteiger partial charge in [0.05, 0.1) is 22.5 Å². The summed E-state index contributed by atoms with van der Waals surface area (Å²) in [6.45, 7) is 32.3. The topological polar surface area (TPSA) is 3.24 Å². The second-order valence-corrected chi connectivity index (χ2v) is 25.7. The Morgan fingerprint density at radius 2 is 0.725 bits per heavy atom. The van der Waals surface area contributed by atoms with E-state index in [9.17, 15) is 0 Å². The van der Waals surface area contributed by atoms with Crippen molar-refractivity contribution in [3.63, 3.8) is 0 Å². The van der Waals surface area contributed by atoms with E-state index < -0.39 is 5.41 Å². The van der Waals surface area contributed by atoms with Gasteiger partial charge >= 0.3 is 0 Å². The Morgan fingerprint density at radius 1 is 0.304 bits per heavy atom. The molecule has 0 bridgehead atoms. The fourth-order valence-corrected chi connectivity index (χ4v) is 14.1. The van der Waals surface area contributed by atoms with E-state index in [0.29, 0.717) is 0 Å². The zero-order chi connectivity index (χ0) is 48.7. The van der Waals surface area contributed by atoms with Crippen molar-refractivity contribution in [2.45, 2.75) is 166 Å². The number of nitrogens with zero attached hydrogens (tertiary/aromatic N) is 1. The van der Waals surface area contributed by atoms with Crippen LogP contribution in [-0.2, 0) is 37.9 Å². The number of benzene rings is 7. The van der Waals surface area contributed by atoms with E-state index in [4.69, 9.17) is 0 Å². The molecule has 0 unspecified atom stereocenters. The molecule has 0 saturated carbocycles. The van der Waals surface area contributed by atoms with E-state index in [0.717, 1.165) is 25.7 Å². The molecule has 0 heterocycles. The lowest BCUT2D eigenvalue weighted by molar-refractivity contribution is 0.331. The molecule has 0 fully saturated rings. The molecule has 7 aromatic rings. The molecular formula is C68H75N. The Kier molecular flexibility index (Phi) is 10.2. The smallest absolute Gasteiger partial charge is 0.0714 e. The van der Waals surface area contributed by atoms with Crippen molar-refractivity contribution in [1.29, 1.82) is 0 Å². The van der Waals surface area contributed by atoms with Crippen molar-refractivity contribution >= 4 is 17.1 Å². The highest BCUT2D eigenvalue weighted by molar-refractivity contribution is 5.98. The van der Waals surface area contributed by atoms with Gasteiger partial charge in [0.1, 0.15) is 0 Å². The molecule has 0 saturated heterocycles. The maximum atomic E-state index is 2.82.